The summed E-state index contributed by atoms with van der Waals surface area (Å²) in [6.45, 7) is 5.69. The molecule has 2 aromatic carbocycles. The standard InChI is InChI=1S/C20H20N2O3/c1-13(2)16-7-9-18(10-8-16)22-19(23)14(3)25-20(24)17-6-4-5-15(11-17)12-21/h4-11,13-14H,1-3H3,(H,22,23). The lowest BCUT2D eigenvalue weighted by Crippen LogP contribution is -2.30. The number of nitrogens with zero attached hydrogens (tertiary/aromatic N) is 1. The van der Waals surface area contributed by atoms with Crippen LogP contribution in [0.4, 0.5) is 5.69 Å². The number of benzene rings is 2. The molecule has 0 spiro atoms. The van der Waals surface area contributed by atoms with Gasteiger partial charge in [0.15, 0.2) is 6.10 Å². The molecule has 5 nitrogen and oxygen atoms in total. The van der Waals surface area contributed by atoms with Crippen molar-refractivity contribution in [3.8, 4) is 6.07 Å². The van der Waals surface area contributed by atoms with E-state index in [0.29, 0.717) is 17.2 Å². The number of hydrogen-bond donors (Lipinski definition) is 1. The van der Waals surface area contributed by atoms with Crippen molar-refractivity contribution in [3.05, 3.63) is 65.2 Å². The number of esters is 1. The molecule has 0 aliphatic rings. The Kier molecular flexibility index (Phi) is 5.91. The van der Waals surface area contributed by atoms with Crippen molar-refractivity contribution < 1.29 is 14.3 Å². The Labute approximate surface area is 147 Å². The van der Waals surface area contributed by atoms with Crippen molar-refractivity contribution in [1.29, 1.82) is 5.26 Å². The average molecular weight is 336 g/mol. The third-order valence-corrected chi connectivity index (χ3v) is 3.73. The number of rotatable bonds is 5. The molecule has 1 N–H and O–H groups in total. The number of hydrogen-bond acceptors (Lipinski definition) is 4. The van der Waals surface area contributed by atoms with Gasteiger partial charge in [0.25, 0.3) is 5.91 Å². The van der Waals surface area contributed by atoms with E-state index >= 15 is 0 Å². The van der Waals surface area contributed by atoms with Crippen molar-refractivity contribution in [1.82, 2.24) is 0 Å². The van der Waals surface area contributed by atoms with Crippen LogP contribution in [0.15, 0.2) is 48.5 Å². The monoisotopic (exact) mass is 336 g/mol. The highest BCUT2D eigenvalue weighted by Crippen LogP contribution is 2.17. The van der Waals surface area contributed by atoms with E-state index < -0.39 is 18.0 Å². The number of amides is 1. The lowest BCUT2D eigenvalue weighted by atomic mass is 10.0. The first kappa shape index (κ1) is 18.2. The molecule has 1 atom stereocenters. The summed E-state index contributed by atoms with van der Waals surface area (Å²) in [5.41, 5.74) is 2.41. The van der Waals surface area contributed by atoms with E-state index in [9.17, 15) is 9.59 Å². The molecule has 1 amide bonds. The van der Waals surface area contributed by atoms with E-state index in [1.54, 1.807) is 18.2 Å². The van der Waals surface area contributed by atoms with Gasteiger partial charge in [0.2, 0.25) is 0 Å². The number of anilines is 1. The second-order valence-corrected chi connectivity index (χ2v) is 6.01. The molecule has 2 rings (SSSR count). The minimum Gasteiger partial charge on any atom is -0.449 e. The van der Waals surface area contributed by atoms with Gasteiger partial charge in [-0.25, -0.2) is 4.79 Å². The SMILES string of the molecule is CC(OC(=O)c1cccc(C#N)c1)C(=O)Nc1ccc(C(C)C)cc1. The quantitative estimate of drug-likeness (QED) is 0.841. The second kappa shape index (κ2) is 8.11. The van der Waals surface area contributed by atoms with Crippen molar-refractivity contribution in [2.45, 2.75) is 32.8 Å². The predicted molar refractivity (Wildman–Crippen MR) is 95.2 cm³/mol. The molecule has 0 heterocycles. The highest BCUT2D eigenvalue weighted by molar-refractivity contribution is 5.97. The average Bonchev–Trinajstić information content (AvgIpc) is 2.62. The third kappa shape index (κ3) is 4.92. The van der Waals surface area contributed by atoms with Gasteiger partial charge in [0.05, 0.1) is 17.2 Å². The Hall–Kier alpha value is -3.13. The topological polar surface area (TPSA) is 79.2 Å². The number of ether oxygens (including phenoxy) is 1. The fourth-order valence-electron chi connectivity index (χ4n) is 2.19. The normalized spacial score (nSPS) is 11.5. The van der Waals surface area contributed by atoms with E-state index in [-0.39, 0.29) is 5.56 Å². The van der Waals surface area contributed by atoms with E-state index in [4.69, 9.17) is 10.00 Å². The second-order valence-electron chi connectivity index (χ2n) is 6.01. The first-order valence-electron chi connectivity index (χ1n) is 8.02. The summed E-state index contributed by atoms with van der Waals surface area (Å²) in [6.07, 6.45) is -0.956. The number of nitriles is 1. The van der Waals surface area contributed by atoms with Crippen molar-refractivity contribution in [2.24, 2.45) is 0 Å². The molecule has 5 heteroatoms. The van der Waals surface area contributed by atoms with Gasteiger partial charge in [-0.1, -0.05) is 32.0 Å². The van der Waals surface area contributed by atoms with Gasteiger partial charge in [-0.05, 0) is 48.7 Å². The summed E-state index contributed by atoms with van der Waals surface area (Å²) in [5, 5.41) is 11.6. The van der Waals surface area contributed by atoms with Crippen LogP contribution in [0.3, 0.4) is 0 Å². The Morgan fingerprint density at radius 2 is 1.76 bits per heavy atom. The maximum Gasteiger partial charge on any atom is 0.338 e. The zero-order valence-electron chi connectivity index (χ0n) is 14.4. The fraction of sp³-hybridized carbons (Fsp3) is 0.250. The molecule has 0 aromatic heterocycles. The summed E-state index contributed by atoms with van der Waals surface area (Å²) in [4.78, 5) is 24.3. The Morgan fingerprint density at radius 1 is 1.08 bits per heavy atom. The highest BCUT2D eigenvalue weighted by Gasteiger charge is 2.19. The van der Waals surface area contributed by atoms with Crippen LogP contribution in [-0.2, 0) is 9.53 Å². The van der Waals surface area contributed by atoms with Gasteiger partial charge >= 0.3 is 5.97 Å². The minimum absolute atomic E-state index is 0.236. The van der Waals surface area contributed by atoms with Crippen molar-refractivity contribution >= 4 is 17.6 Å². The molecule has 0 aliphatic heterocycles. The molecule has 2 aromatic rings. The first-order valence-corrected chi connectivity index (χ1v) is 8.02. The highest BCUT2D eigenvalue weighted by atomic mass is 16.5. The van der Waals surface area contributed by atoms with Gasteiger partial charge in [0.1, 0.15) is 0 Å². The van der Waals surface area contributed by atoms with Crippen LogP contribution in [0.1, 0.15) is 48.2 Å². The summed E-state index contributed by atoms with van der Waals surface area (Å²) < 4.78 is 5.17. The van der Waals surface area contributed by atoms with Gasteiger partial charge in [-0.3, -0.25) is 4.79 Å². The van der Waals surface area contributed by atoms with Crippen LogP contribution in [0.5, 0.6) is 0 Å². The molecule has 25 heavy (non-hydrogen) atoms. The lowest BCUT2D eigenvalue weighted by molar-refractivity contribution is -0.123. The maximum absolute atomic E-state index is 12.2. The minimum atomic E-state index is -0.956. The smallest absolute Gasteiger partial charge is 0.338 e. The predicted octanol–water partition coefficient (Wildman–Crippen LogP) is 3.87. The van der Waals surface area contributed by atoms with Crippen LogP contribution in [-0.4, -0.2) is 18.0 Å². The van der Waals surface area contributed by atoms with Gasteiger partial charge in [-0.2, -0.15) is 5.26 Å². The van der Waals surface area contributed by atoms with Gasteiger partial charge in [-0.15, -0.1) is 0 Å². The van der Waals surface area contributed by atoms with E-state index in [0.717, 1.165) is 0 Å². The molecule has 0 radical (unpaired) electrons. The summed E-state index contributed by atoms with van der Waals surface area (Å²) >= 11 is 0. The molecule has 0 fully saturated rings. The Bertz CT molecular complexity index is 804. The third-order valence-electron chi connectivity index (χ3n) is 3.73. The van der Waals surface area contributed by atoms with Gasteiger partial charge < -0.3 is 10.1 Å². The number of nitrogens with one attached hydrogen (secondary N) is 1. The summed E-state index contributed by atoms with van der Waals surface area (Å²) in [6, 6.07) is 15.6. The van der Waals surface area contributed by atoms with Crippen LogP contribution in [0, 0.1) is 11.3 Å². The molecule has 1 unspecified atom stereocenters. The molecule has 0 saturated carbocycles. The molecule has 128 valence electrons. The largest absolute Gasteiger partial charge is 0.449 e. The Morgan fingerprint density at radius 3 is 2.36 bits per heavy atom. The maximum atomic E-state index is 12.2. The number of carbonyl (C=O) groups is 2. The molecule has 0 saturated heterocycles. The van der Waals surface area contributed by atoms with Crippen molar-refractivity contribution in [3.63, 3.8) is 0 Å². The van der Waals surface area contributed by atoms with E-state index in [1.165, 1.54) is 18.6 Å². The van der Waals surface area contributed by atoms with Crippen molar-refractivity contribution in [2.75, 3.05) is 5.32 Å². The van der Waals surface area contributed by atoms with Crippen LogP contribution in [0.25, 0.3) is 0 Å². The zero-order chi connectivity index (χ0) is 18.4. The van der Waals surface area contributed by atoms with E-state index in [1.807, 2.05) is 30.3 Å². The zero-order valence-corrected chi connectivity index (χ0v) is 14.4. The molecular weight excluding hydrogens is 316 g/mol. The lowest BCUT2D eigenvalue weighted by Gasteiger charge is -2.14. The summed E-state index contributed by atoms with van der Waals surface area (Å²) in [7, 11) is 0. The number of carbonyl (C=O) groups excluding carboxylic acids is 2. The van der Waals surface area contributed by atoms with Crippen LogP contribution in [0.2, 0.25) is 0 Å². The van der Waals surface area contributed by atoms with Gasteiger partial charge in [0, 0.05) is 5.69 Å². The van der Waals surface area contributed by atoms with E-state index in [2.05, 4.69) is 19.2 Å². The molecular formula is C20H20N2O3. The molecule has 0 aliphatic carbocycles. The Balaban J connectivity index is 1.97. The van der Waals surface area contributed by atoms with Crippen LogP contribution < -0.4 is 5.32 Å². The van der Waals surface area contributed by atoms with Crippen LogP contribution >= 0.6 is 0 Å². The first-order chi connectivity index (χ1) is 11.9. The molecule has 0 bridgehead atoms. The summed E-state index contributed by atoms with van der Waals surface area (Å²) in [5.74, 6) is -0.647. The fourth-order valence-corrected chi connectivity index (χ4v) is 2.19.